The zero-order valence-corrected chi connectivity index (χ0v) is 15.1. The average molecular weight is 354 g/mol. The number of rotatable bonds is 5. The molecule has 136 valence electrons. The molecule has 0 saturated carbocycles. The molecule has 3 rings (SSSR count). The van der Waals surface area contributed by atoms with Crippen LogP contribution >= 0.6 is 0 Å². The summed E-state index contributed by atoms with van der Waals surface area (Å²) in [6, 6.07) is 10.6. The van der Waals surface area contributed by atoms with Crippen LogP contribution in [0.3, 0.4) is 0 Å². The molecule has 1 fully saturated rings. The number of methoxy groups -OCH3 is 1. The predicted molar refractivity (Wildman–Crippen MR) is 103 cm³/mol. The second-order valence-electron chi connectivity index (χ2n) is 6.41. The number of hydrogen-bond acceptors (Lipinski definition) is 3. The van der Waals surface area contributed by atoms with Crippen molar-refractivity contribution < 1.29 is 13.9 Å². The van der Waals surface area contributed by atoms with Gasteiger partial charge in [0.05, 0.1) is 7.11 Å². The fourth-order valence-electron chi connectivity index (χ4n) is 3.09. The highest BCUT2D eigenvalue weighted by Gasteiger charge is 2.13. The summed E-state index contributed by atoms with van der Waals surface area (Å²) in [5, 5.41) is 2.87. The van der Waals surface area contributed by atoms with Gasteiger partial charge >= 0.3 is 0 Å². The molecule has 5 heteroatoms. The molecule has 1 N–H and O–H groups in total. The number of nitrogens with one attached hydrogen (secondary N) is 1. The van der Waals surface area contributed by atoms with E-state index in [-0.39, 0.29) is 11.7 Å². The second-order valence-corrected chi connectivity index (χ2v) is 6.41. The van der Waals surface area contributed by atoms with Crippen LogP contribution < -0.4 is 15.0 Å². The van der Waals surface area contributed by atoms with Crippen molar-refractivity contribution in [1.82, 2.24) is 0 Å². The maximum Gasteiger partial charge on any atom is 0.248 e. The molecule has 0 radical (unpaired) electrons. The van der Waals surface area contributed by atoms with Gasteiger partial charge < -0.3 is 15.0 Å². The molecule has 0 spiro atoms. The van der Waals surface area contributed by atoms with Crippen LogP contribution in [0.2, 0.25) is 0 Å². The lowest BCUT2D eigenvalue weighted by atomic mass is 10.1. The summed E-state index contributed by atoms with van der Waals surface area (Å²) in [7, 11) is 1.42. The van der Waals surface area contributed by atoms with E-state index in [0.29, 0.717) is 5.56 Å². The van der Waals surface area contributed by atoms with Crippen molar-refractivity contribution >= 4 is 23.4 Å². The largest absolute Gasteiger partial charge is 0.494 e. The molecule has 0 atom stereocenters. The van der Waals surface area contributed by atoms with Crippen LogP contribution in [-0.2, 0) is 4.79 Å². The Hall–Kier alpha value is -2.82. The first kappa shape index (κ1) is 18.0. The van der Waals surface area contributed by atoms with Crippen molar-refractivity contribution in [2.75, 3.05) is 30.4 Å². The Morgan fingerprint density at radius 1 is 1.19 bits per heavy atom. The van der Waals surface area contributed by atoms with Crippen LogP contribution in [0.15, 0.2) is 42.5 Å². The van der Waals surface area contributed by atoms with Gasteiger partial charge in [-0.15, -0.1) is 0 Å². The number of benzene rings is 2. The van der Waals surface area contributed by atoms with E-state index in [0.717, 1.165) is 24.3 Å². The van der Waals surface area contributed by atoms with E-state index in [9.17, 15) is 9.18 Å². The first-order chi connectivity index (χ1) is 12.6. The molecule has 26 heavy (non-hydrogen) atoms. The Morgan fingerprint density at radius 2 is 1.96 bits per heavy atom. The maximum absolute atomic E-state index is 13.7. The Morgan fingerprint density at radius 3 is 2.62 bits per heavy atom. The predicted octanol–water partition coefficient (Wildman–Crippen LogP) is 4.39. The van der Waals surface area contributed by atoms with Gasteiger partial charge in [0, 0.05) is 30.5 Å². The molecule has 0 unspecified atom stereocenters. The number of halogens is 1. The van der Waals surface area contributed by atoms with Crippen molar-refractivity contribution in [1.29, 1.82) is 0 Å². The van der Waals surface area contributed by atoms with Crippen LogP contribution in [0.1, 0.15) is 24.0 Å². The number of amides is 1. The summed E-state index contributed by atoms with van der Waals surface area (Å²) < 4.78 is 18.6. The van der Waals surface area contributed by atoms with Gasteiger partial charge in [-0.3, -0.25) is 4.79 Å². The first-order valence-corrected chi connectivity index (χ1v) is 8.75. The molecule has 0 aromatic heterocycles. The van der Waals surface area contributed by atoms with Gasteiger partial charge in [0.15, 0.2) is 11.6 Å². The third kappa shape index (κ3) is 4.23. The number of hydrogen-bond donors (Lipinski definition) is 1. The Kier molecular flexibility index (Phi) is 5.56. The minimum absolute atomic E-state index is 0.181. The van der Waals surface area contributed by atoms with Crippen molar-refractivity contribution in [3.8, 4) is 5.75 Å². The molecule has 0 bridgehead atoms. The van der Waals surface area contributed by atoms with Crippen LogP contribution in [0.4, 0.5) is 15.8 Å². The molecule has 4 nitrogen and oxygen atoms in total. The number of carbonyl (C=O) groups excluding carboxylic acids is 1. The normalized spacial score (nSPS) is 14.0. The molecule has 1 heterocycles. The first-order valence-electron chi connectivity index (χ1n) is 8.75. The number of carbonyl (C=O) groups is 1. The zero-order valence-electron chi connectivity index (χ0n) is 15.1. The Balaban J connectivity index is 1.65. The van der Waals surface area contributed by atoms with Crippen molar-refractivity contribution in [3.05, 3.63) is 59.4 Å². The summed E-state index contributed by atoms with van der Waals surface area (Å²) >= 11 is 0. The Labute approximate surface area is 153 Å². The minimum Gasteiger partial charge on any atom is -0.494 e. The molecule has 2 aromatic carbocycles. The summed E-state index contributed by atoms with van der Waals surface area (Å²) in [5.74, 6) is -0.526. The minimum atomic E-state index is -0.455. The van der Waals surface area contributed by atoms with Crippen LogP contribution in [0, 0.1) is 12.7 Å². The quantitative estimate of drug-likeness (QED) is 0.810. The van der Waals surface area contributed by atoms with Gasteiger partial charge in [-0.05, 0) is 67.3 Å². The van der Waals surface area contributed by atoms with Crippen molar-refractivity contribution in [2.24, 2.45) is 0 Å². The fraction of sp³-hybridized carbons (Fsp3) is 0.286. The molecule has 1 aliphatic heterocycles. The monoisotopic (exact) mass is 354 g/mol. The molecule has 2 aromatic rings. The number of aryl methyl sites for hydroxylation is 1. The third-order valence-corrected chi connectivity index (χ3v) is 4.54. The highest BCUT2D eigenvalue weighted by molar-refractivity contribution is 6.02. The highest BCUT2D eigenvalue weighted by atomic mass is 19.1. The topological polar surface area (TPSA) is 41.6 Å². The van der Waals surface area contributed by atoms with Gasteiger partial charge in [0.2, 0.25) is 5.91 Å². The Bertz CT molecular complexity index is 827. The summed E-state index contributed by atoms with van der Waals surface area (Å²) in [6.07, 6.45) is 5.43. The molecular formula is C21H23FN2O2. The standard InChI is InChI=1S/C21H23FN2O2/c1-15-13-17(24-11-3-4-12-24)7-8-19(15)23-21(25)10-6-16-5-9-20(26-2)18(22)14-16/h5-10,13-14H,3-4,11-12H2,1-2H3,(H,23,25)/b10-6+. The smallest absolute Gasteiger partial charge is 0.248 e. The van der Waals surface area contributed by atoms with Gasteiger partial charge in [0.1, 0.15) is 0 Å². The van der Waals surface area contributed by atoms with E-state index in [1.165, 1.54) is 43.8 Å². The molecular weight excluding hydrogens is 331 g/mol. The van der Waals surface area contributed by atoms with E-state index in [2.05, 4.69) is 16.3 Å². The van der Waals surface area contributed by atoms with Crippen LogP contribution in [-0.4, -0.2) is 26.1 Å². The van der Waals surface area contributed by atoms with Gasteiger partial charge in [-0.1, -0.05) is 6.07 Å². The number of nitrogens with zero attached hydrogens (tertiary/aromatic N) is 1. The van der Waals surface area contributed by atoms with E-state index >= 15 is 0 Å². The SMILES string of the molecule is COc1ccc(/C=C/C(=O)Nc2ccc(N3CCCC3)cc2C)cc1F. The molecule has 1 aliphatic rings. The van der Waals surface area contributed by atoms with Gasteiger partial charge in [0.25, 0.3) is 0 Å². The lowest BCUT2D eigenvalue weighted by Gasteiger charge is -2.19. The summed E-state index contributed by atoms with van der Waals surface area (Å²) in [4.78, 5) is 14.5. The lowest BCUT2D eigenvalue weighted by Crippen LogP contribution is -2.18. The van der Waals surface area contributed by atoms with E-state index in [1.807, 2.05) is 19.1 Å². The van der Waals surface area contributed by atoms with Crippen LogP contribution in [0.25, 0.3) is 6.08 Å². The van der Waals surface area contributed by atoms with Gasteiger partial charge in [-0.25, -0.2) is 4.39 Å². The van der Waals surface area contributed by atoms with Crippen molar-refractivity contribution in [3.63, 3.8) is 0 Å². The summed E-state index contributed by atoms with van der Waals surface area (Å²) in [6.45, 7) is 4.16. The maximum atomic E-state index is 13.7. The molecule has 1 saturated heterocycles. The summed E-state index contributed by atoms with van der Waals surface area (Å²) in [5.41, 5.74) is 3.59. The second kappa shape index (κ2) is 8.04. The molecule has 1 amide bonds. The third-order valence-electron chi connectivity index (χ3n) is 4.54. The number of ether oxygens (including phenoxy) is 1. The number of anilines is 2. The van der Waals surface area contributed by atoms with E-state index < -0.39 is 5.82 Å². The van der Waals surface area contributed by atoms with Crippen molar-refractivity contribution in [2.45, 2.75) is 19.8 Å². The highest BCUT2D eigenvalue weighted by Crippen LogP contribution is 2.25. The molecule has 0 aliphatic carbocycles. The van der Waals surface area contributed by atoms with E-state index in [4.69, 9.17) is 4.74 Å². The average Bonchev–Trinajstić information content (AvgIpc) is 3.16. The van der Waals surface area contributed by atoms with E-state index in [1.54, 1.807) is 12.1 Å². The van der Waals surface area contributed by atoms with Gasteiger partial charge in [-0.2, -0.15) is 0 Å². The fourth-order valence-corrected chi connectivity index (χ4v) is 3.09. The zero-order chi connectivity index (χ0) is 18.5. The lowest BCUT2D eigenvalue weighted by molar-refractivity contribution is -0.111. The van der Waals surface area contributed by atoms with Crippen LogP contribution in [0.5, 0.6) is 5.75 Å².